The molecule has 1 amide bonds. The lowest BCUT2D eigenvalue weighted by molar-refractivity contribution is 0.0120. The van der Waals surface area contributed by atoms with Crippen molar-refractivity contribution in [2.45, 2.75) is 51.2 Å². The number of aromatic hydroxyl groups is 2. The van der Waals surface area contributed by atoms with Crippen molar-refractivity contribution in [3.63, 3.8) is 0 Å². The fourth-order valence-electron chi connectivity index (χ4n) is 4.27. The van der Waals surface area contributed by atoms with Gasteiger partial charge in [0, 0.05) is 12.6 Å². The highest BCUT2D eigenvalue weighted by atomic mass is 16.3. The smallest absolute Gasteiger partial charge is 0.275 e. The number of carbonyl (C=O) groups excluding carboxylic acids is 1. The van der Waals surface area contributed by atoms with E-state index in [1.54, 1.807) is 4.57 Å². The lowest BCUT2D eigenvalue weighted by Gasteiger charge is -2.48. The number of aromatic nitrogens is 1. The first-order valence-electron chi connectivity index (χ1n) is 7.97. The highest BCUT2D eigenvalue weighted by Crippen LogP contribution is 2.47. The maximum Gasteiger partial charge on any atom is 0.275 e. The number of piperidine rings is 1. The molecule has 6 heteroatoms. The van der Waals surface area contributed by atoms with Crippen molar-refractivity contribution in [1.82, 2.24) is 9.47 Å². The number of hydrogen-bond acceptors (Lipinski definition) is 4. The van der Waals surface area contributed by atoms with Crippen LogP contribution >= 0.6 is 0 Å². The minimum absolute atomic E-state index is 0.0161. The molecule has 6 nitrogen and oxygen atoms in total. The predicted molar refractivity (Wildman–Crippen MR) is 78.9 cm³/mol. The summed E-state index contributed by atoms with van der Waals surface area (Å²) in [5, 5.41) is 19.7. The topological polar surface area (TPSA) is 82.8 Å². The van der Waals surface area contributed by atoms with Gasteiger partial charge in [-0.2, -0.15) is 0 Å². The number of hydrogen-bond donors (Lipinski definition) is 2. The Labute approximate surface area is 128 Å². The first kappa shape index (κ1) is 13.7. The van der Waals surface area contributed by atoms with Gasteiger partial charge in [0.05, 0.1) is 12.2 Å². The van der Waals surface area contributed by atoms with Crippen molar-refractivity contribution in [2.24, 2.45) is 11.8 Å². The van der Waals surface area contributed by atoms with Crippen molar-refractivity contribution in [3.05, 3.63) is 22.1 Å². The van der Waals surface area contributed by atoms with Crippen LogP contribution < -0.4 is 5.43 Å². The Kier molecular flexibility index (Phi) is 2.80. The fourth-order valence-corrected chi connectivity index (χ4v) is 4.27. The Hall–Kier alpha value is -1.98. The molecule has 0 radical (unpaired) electrons. The standard InChI is InChI=1S/C16H20N2O4/c1-8-2-5-10(9-3-4-9)11-6-17-7-12(19)14(20)15(21)13(17)16(22)18(8)11/h7-11,19,21H,2-6H2,1H3/t8-,10?,11-/m0/s1. The van der Waals surface area contributed by atoms with E-state index in [9.17, 15) is 19.8 Å². The summed E-state index contributed by atoms with van der Waals surface area (Å²) in [6, 6.07) is 0.210. The van der Waals surface area contributed by atoms with Crippen LogP contribution in [-0.2, 0) is 6.54 Å². The minimum Gasteiger partial charge on any atom is -0.503 e. The highest BCUT2D eigenvalue weighted by molar-refractivity contribution is 5.96. The van der Waals surface area contributed by atoms with E-state index in [-0.39, 0.29) is 23.7 Å². The third-order valence-corrected chi connectivity index (χ3v) is 5.53. The number of amides is 1. The molecule has 0 bridgehead atoms. The van der Waals surface area contributed by atoms with E-state index < -0.39 is 16.9 Å². The van der Waals surface area contributed by atoms with E-state index in [4.69, 9.17) is 0 Å². The van der Waals surface area contributed by atoms with Gasteiger partial charge in [-0.05, 0) is 44.4 Å². The monoisotopic (exact) mass is 304 g/mol. The molecule has 1 unspecified atom stereocenters. The maximum absolute atomic E-state index is 12.9. The number of carbonyl (C=O) groups is 1. The molecule has 2 fully saturated rings. The van der Waals surface area contributed by atoms with E-state index in [2.05, 4.69) is 0 Å². The van der Waals surface area contributed by atoms with E-state index in [1.807, 2.05) is 11.8 Å². The Morgan fingerprint density at radius 3 is 2.55 bits per heavy atom. The van der Waals surface area contributed by atoms with Crippen LogP contribution in [0.25, 0.3) is 0 Å². The molecule has 1 aromatic rings. The van der Waals surface area contributed by atoms with Crippen molar-refractivity contribution in [3.8, 4) is 11.5 Å². The summed E-state index contributed by atoms with van der Waals surface area (Å²) in [4.78, 5) is 26.4. The van der Waals surface area contributed by atoms with Gasteiger partial charge in [0.2, 0.25) is 0 Å². The van der Waals surface area contributed by atoms with E-state index in [1.165, 1.54) is 19.0 Å². The number of fused-ring (bicyclic) bond motifs is 2. The molecule has 3 atom stereocenters. The fraction of sp³-hybridized carbons (Fsp3) is 0.625. The molecule has 2 N–H and O–H groups in total. The molecule has 2 aliphatic heterocycles. The summed E-state index contributed by atoms with van der Waals surface area (Å²) >= 11 is 0. The second-order valence-corrected chi connectivity index (χ2v) is 6.90. The highest BCUT2D eigenvalue weighted by Gasteiger charge is 2.48. The van der Waals surface area contributed by atoms with Gasteiger partial charge in [-0.15, -0.1) is 0 Å². The van der Waals surface area contributed by atoms with Gasteiger partial charge in [-0.3, -0.25) is 9.59 Å². The SMILES string of the molecule is C[C@H]1CCC(C2CC2)[C@@H]2Cn3cc(O)c(=O)c(O)c3C(=O)N12. The molecular formula is C16H20N2O4. The molecule has 3 aliphatic rings. The third kappa shape index (κ3) is 1.79. The quantitative estimate of drug-likeness (QED) is 0.819. The van der Waals surface area contributed by atoms with Crippen molar-refractivity contribution >= 4 is 5.91 Å². The van der Waals surface area contributed by atoms with Gasteiger partial charge in [-0.1, -0.05) is 0 Å². The number of nitrogens with zero attached hydrogens (tertiary/aromatic N) is 2. The zero-order valence-electron chi connectivity index (χ0n) is 12.5. The molecule has 118 valence electrons. The van der Waals surface area contributed by atoms with Gasteiger partial charge < -0.3 is 19.7 Å². The predicted octanol–water partition coefficient (Wildman–Crippen LogP) is 1.29. The molecule has 4 rings (SSSR count). The molecule has 3 heterocycles. The van der Waals surface area contributed by atoms with Crippen LogP contribution in [0.1, 0.15) is 43.1 Å². The molecule has 0 spiro atoms. The second kappa shape index (κ2) is 4.51. The first-order valence-corrected chi connectivity index (χ1v) is 7.97. The lowest BCUT2D eigenvalue weighted by atomic mass is 9.81. The average Bonchev–Trinajstić information content (AvgIpc) is 3.29. The van der Waals surface area contributed by atoms with E-state index in [0.717, 1.165) is 12.8 Å². The van der Waals surface area contributed by atoms with Crippen LogP contribution in [0.5, 0.6) is 11.5 Å². The number of rotatable bonds is 1. The molecular weight excluding hydrogens is 284 g/mol. The summed E-state index contributed by atoms with van der Waals surface area (Å²) in [5.41, 5.74) is -0.858. The van der Waals surface area contributed by atoms with Gasteiger partial charge >= 0.3 is 0 Å². The van der Waals surface area contributed by atoms with Crippen LogP contribution in [-0.4, -0.2) is 37.7 Å². The average molecular weight is 304 g/mol. The van der Waals surface area contributed by atoms with Crippen LogP contribution in [0.15, 0.2) is 11.0 Å². The normalized spacial score (nSPS) is 30.9. The summed E-state index contributed by atoms with van der Waals surface area (Å²) < 4.78 is 1.56. The van der Waals surface area contributed by atoms with Crippen LogP contribution in [0.3, 0.4) is 0 Å². The number of pyridine rings is 1. The van der Waals surface area contributed by atoms with Crippen LogP contribution in [0.2, 0.25) is 0 Å². The summed E-state index contributed by atoms with van der Waals surface area (Å²) in [7, 11) is 0. The third-order valence-electron chi connectivity index (χ3n) is 5.53. The Balaban J connectivity index is 1.83. The Morgan fingerprint density at radius 1 is 1.14 bits per heavy atom. The maximum atomic E-state index is 12.9. The molecule has 22 heavy (non-hydrogen) atoms. The van der Waals surface area contributed by atoms with Crippen LogP contribution in [0.4, 0.5) is 0 Å². The van der Waals surface area contributed by atoms with Gasteiger partial charge in [0.25, 0.3) is 11.3 Å². The molecule has 1 saturated carbocycles. The largest absolute Gasteiger partial charge is 0.503 e. The summed E-state index contributed by atoms with van der Waals surface area (Å²) in [6.45, 7) is 2.56. The molecule has 1 aliphatic carbocycles. The van der Waals surface area contributed by atoms with Gasteiger partial charge in [-0.25, -0.2) is 0 Å². The first-order chi connectivity index (χ1) is 10.5. The summed E-state index contributed by atoms with van der Waals surface area (Å²) in [6.07, 6.45) is 5.83. The Bertz CT molecular complexity index is 707. The van der Waals surface area contributed by atoms with Crippen LogP contribution in [0, 0.1) is 11.8 Å². The van der Waals surface area contributed by atoms with Gasteiger partial charge in [0.1, 0.15) is 0 Å². The van der Waals surface area contributed by atoms with Crippen molar-refractivity contribution in [1.29, 1.82) is 0 Å². The molecule has 1 saturated heterocycles. The Morgan fingerprint density at radius 2 is 1.86 bits per heavy atom. The zero-order valence-corrected chi connectivity index (χ0v) is 12.5. The zero-order chi connectivity index (χ0) is 15.6. The molecule has 1 aromatic heterocycles. The second-order valence-electron chi connectivity index (χ2n) is 6.90. The van der Waals surface area contributed by atoms with E-state index in [0.29, 0.717) is 18.4 Å². The molecule has 0 aromatic carbocycles. The van der Waals surface area contributed by atoms with Crippen molar-refractivity contribution < 1.29 is 15.0 Å². The van der Waals surface area contributed by atoms with Crippen molar-refractivity contribution in [2.75, 3.05) is 0 Å². The van der Waals surface area contributed by atoms with E-state index >= 15 is 0 Å². The van der Waals surface area contributed by atoms with Gasteiger partial charge in [0.15, 0.2) is 17.2 Å². The minimum atomic E-state index is -0.874. The lowest BCUT2D eigenvalue weighted by Crippen LogP contribution is -2.58. The summed E-state index contributed by atoms with van der Waals surface area (Å²) in [5.74, 6) is -0.254.